The average Bonchev–Trinajstić information content (AvgIpc) is 2.69. The predicted molar refractivity (Wildman–Crippen MR) is 109 cm³/mol. The zero-order chi connectivity index (χ0) is 20.1. The summed E-state index contributed by atoms with van der Waals surface area (Å²) in [6, 6.07) is 10.8. The monoisotopic (exact) mass is 398 g/mol. The Balaban J connectivity index is 1.71. The molecule has 2 aromatic carbocycles. The van der Waals surface area contributed by atoms with Crippen LogP contribution in [0.1, 0.15) is 15.9 Å². The minimum absolute atomic E-state index is 0.321. The molecule has 0 aliphatic rings. The highest BCUT2D eigenvalue weighted by Gasteiger charge is 2.11. The fourth-order valence-electron chi connectivity index (χ4n) is 2.50. The van der Waals surface area contributed by atoms with Crippen LogP contribution >= 0.6 is 11.6 Å². The molecular formula is C20H19ClN4O3. The Morgan fingerprint density at radius 1 is 1.00 bits per heavy atom. The molecule has 0 spiro atoms. The van der Waals surface area contributed by atoms with Gasteiger partial charge in [0.2, 0.25) is 5.95 Å². The summed E-state index contributed by atoms with van der Waals surface area (Å²) in [6.45, 7) is 1.93. The number of methoxy groups -OCH3 is 2. The Bertz CT molecular complexity index is 993. The number of carbonyl (C=O) groups excluding carboxylic acids is 1. The van der Waals surface area contributed by atoms with E-state index in [2.05, 4.69) is 20.6 Å². The van der Waals surface area contributed by atoms with E-state index in [1.165, 1.54) is 12.4 Å². The summed E-state index contributed by atoms with van der Waals surface area (Å²) >= 11 is 6.11. The normalized spacial score (nSPS) is 10.3. The van der Waals surface area contributed by atoms with Crippen molar-refractivity contribution in [2.75, 3.05) is 24.9 Å². The lowest BCUT2D eigenvalue weighted by atomic mass is 10.2. The van der Waals surface area contributed by atoms with E-state index in [1.807, 2.05) is 19.1 Å². The number of nitrogens with zero attached hydrogens (tertiary/aromatic N) is 2. The van der Waals surface area contributed by atoms with Crippen molar-refractivity contribution in [3.8, 4) is 11.5 Å². The van der Waals surface area contributed by atoms with Crippen LogP contribution in [-0.2, 0) is 0 Å². The highest BCUT2D eigenvalue weighted by molar-refractivity contribution is 6.32. The van der Waals surface area contributed by atoms with Crippen molar-refractivity contribution in [3.63, 3.8) is 0 Å². The minimum atomic E-state index is -0.331. The molecule has 0 bridgehead atoms. The summed E-state index contributed by atoms with van der Waals surface area (Å²) in [5, 5.41) is 6.30. The number of benzene rings is 2. The maximum absolute atomic E-state index is 12.5. The molecule has 0 saturated heterocycles. The number of aromatic nitrogens is 2. The van der Waals surface area contributed by atoms with Crippen LogP contribution in [0.4, 0.5) is 17.3 Å². The van der Waals surface area contributed by atoms with Gasteiger partial charge in [0.05, 0.1) is 30.5 Å². The zero-order valence-corrected chi connectivity index (χ0v) is 16.4. The lowest BCUT2D eigenvalue weighted by molar-refractivity contribution is 0.102. The maximum atomic E-state index is 12.5. The van der Waals surface area contributed by atoms with Crippen molar-refractivity contribution < 1.29 is 14.3 Å². The van der Waals surface area contributed by atoms with Crippen LogP contribution < -0.4 is 20.1 Å². The van der Waals surface area contributed by atoms with Gasteiger partial charge in [0.25, 0.3) is 5.91 Å². The number of carbonyl (C=O) groups is 1. The topological polar surface area (TPSA) is 85.4 Å². The first-order chi connectivity index (χ1) is 13.5. The second-order valence-corrected chi connectivity index (χ2v) is 6.33. The minimum Gasteiger partial charge on any atom is -0.495 e. The number of halogens is 1. The molecule has 144 valence electrons. The Labute approximate surface area is 167 Å². The highest BCUT2D eigenvalue weighted by atomic mass is 35.5. The van der Waals surface area contributed by atoms with Gasteiger partial charge in [0.1, 0.15) is 11.5 Å². The van der Waals surface area contributed by atoms with Crippen molar-refractivity contribution in [1.82, 2.24) is 9.97 Å². The van der Waals surface area contributed by atoms with Crippen LogP contribution in [0.25, 0.3) is 0 Å². The number of nitrogens with one attached hydrogen (secondary N) is 2. The Morgan fingerprint density at radius 2 is 1.68 bits per heavy atom. The molecule has 0 atom stereocenters. The summed E-state index contributed by atoms with van der Waals surface area (Å²) in [5.74, 6) is 1.16. The van der Waals surface area contributed by atoms with Gasteiger partial charge in [-0.05, 0) is 42.8 Å². The van der Waals surface area contributed by atoms with Gasteiger partial charge < -0.3 is 20.1 Å². The Hall–Kier alpha value is -3.32. The van der Waals surface area contributed by atoms with E-state index < -0.39 is 0 Å². The number of anilines is 3. The van der Waals surface area contributed by atoms with E-state index in [-0.39, 0.29) is 5.91 Å². The number of hydrogen-bond acceptors (Lipinski definition) is 6. The molecule has 2 N–H and O–H groups in total. The van der Waals surface area contributed by atoms with Gasteiger partial charge in [-0.15, -0.1) is 0 Å². The van der Waals surface area contributed by atoms with E-state index in [4.69, 9.17) is 21.1 Å². The summed E-state index contributed by atoms with van der Waals surface area (Å²) < 4.78 is 10.4. The van der Waals surface area contributed by atoms with E-state index >= 15 is 0 Å². The number of hydrogen-bond donors (Lipinski definition) is 2. The zero-order valence-electron chi connectivity index (χ0n) is 15.6. The number of amides is 1. The highest BCUT2D eigenvalue weighted by Crippen LogP contribution is 2.28. The fraction of sp³-hybridized carbons (Fsp3) is 0.150. The van der Waals surface area contributed by atoms with Crippen LogP contribution in [0.15, 0.2) is 48.8 Å². The third-order valence-electron chi connectivity index (χ3n) is 3.93. The molecule has 1 aromatic heterocycles. The molecule has 3 rings (SSSR count). The van der Waals surface area contributed by atoms with E-state index in [0.717, 1.165) is 5.56 Å². The average molecular weight is 399 g/mol. The van der Waals surface area contributed by atoms with Crippen LogP contribution in [-0.4, -0.2) is 30.1 Å². The lowest BCUT2D eigenvalue weighted by Gasteiger charge is -2.11. The summed E-state index contributed by atoms with van der Waals surface area (Å²) in [6.07, 6.45) is 2.89. The van der Waals surface area contributed by atoms with Gasteiger partial charge in [-0.3, -0.25) is 4.79 Å². The molecule has 0 fully saturated rings. The summed E-state index contributed by atoms with van der Waals surface area (Å²) in [4.78, 5) is 20.8. The van der Waals surface area contributed by atoms with E-state index in [1.54, 1.807) is 38.5 Å². The molecule has 0 saturated carbocycles. The molecule has 0 aliphatic carbocycles. The van der Waals surface area contributed by atoms with Gasteiger partial charge in [-0.1, -0.05) is 17.7 Å². The second kappa shape index (κ2) is 8.58. The van der Waals surface area contributed by atoms with Gasteiger partial charge in [0.15, 0.2) is 0 Å². The standard InChI is InChI=1S/C20H19ClN4O3/c1-12-4-6-18(28-3)16(8-12)25-19(26)13-10-22-20(23-11-13)24-14-5-7-17(27-2)15(21)9-14/h4-11H,1-3H3,(H,25,26)(H,22,23,24). The molecular weight excluding hydrogens is 380 g/mol. The van der Waals surface area contributed by atoms with Crippen molar-refractivity contribution in [2.24, 2.45) is 0 Å². The third-order valence-corrected chi connectivity index (χ3v) is 4.22. The van der Waals surface area contributed by atoms with Crippen LogP contribution in [0.3, 0.4) is 0 Å². The third kappa shape index (κ3) is 4.50. The molecule has 0 aliphatic heterocycles. The molecule has 8 heteroatoms. The molecule has 0 unspecified atom stereocenters. The van der Waals surface area contributed by atoms with Crippen LogP contribution in [0.5, 0.6) is 11.5 Å². The Morgan fingerprint density at radius 3 is 2.32 bits per heavy atom. The van der Waals surface area contributed by atoms with Crippen LogP contribution in [0, 0.1) is 6.92 Å². The Kier molecular flexibility index (Phi) is 5.96. The molecule has 7 nitrogen and oxygen atoms in total. The van der Waals surface area contributed by atoms with Crippen LogP contribution in [0.2, 0.25) is 5.02 Å². The summed E-state index contributed by atoms with van der Waals surface area (Å²) in [5.41, 5.74) is 2.61. The van der Waals surface area contributed by atoms with Crippen molar-refractivity contribution in [1.29, 1.82) is 0 Å². The van der Waals surface area contributed by atoms with Gasteiger partial charge in [0, 0.05) is 18.1 Å². The predicted octanol–water partition coefficient (Wildman–Crippen LogP) is 4.45. The van der Waals surface area contributed by atoms with Crippen molar-refractivity contribution in [3.05, 3.63) is 64.9 Å². The molecule has 28 heavy (non-hydrogen) atoms. The van der Waals surface area contributed by atoms with E-state index in [0.29, 0.717) is 39.4 Å². The maximum Gasteiger partial charge on any atom is 0.258 e. The second-order valence-electron chi connectivity index (χ2n) is 5.93. The quantitative estimate of drug-likeness (QED) is 0.638. The van der Waals surface area contributed by atoms with Crippen molar-refractivity contribution >= 4 is 34.8 Å². The first-order valence-corrected chi connectivity index (χ1v) is 8.76. The van der Waals surface area contributed by atoms with Gasteiger partial charge >= 0.3 is 0 Å². The first-order valence-electron chi connectivity index (χ1n) is 8.38. The van der Waals surface area contributed by atoms with Gasteiger partial charge in [-0.2, -0.15) is 0 Å². The first kappa shape index (κ1) is 19.4. The van der Waals surface area contributed by atoms with E-state index in [9.17, 15) is 4.79 Å². The number of ether oxygens (including phenoxy) is 2. The SMILES string of the molecule is COc1ccc(Nc2ncc(C(=O)Nc3cc(C)ccc3OC)cn2)cc1Cl. The molecule has 1 heterocycles. The molecule has 1 amide bonds. The molecule has 0 radical (unpaired) electrons. The smallest absolute Gasteiger partial charge is 0.258 e. The number of rotatable bonds is 6. The van der Waals surface area contributed by atoms with Gasteiger partial charge in [-0.25, -0.2) is 9.97 Å². The lowest BCUT2D eigenvalue weighted by Crippen LogP contribution is -2.14. The largest absolute Gasteiger partial charge is 0.495 e. The molecule has 3 aromatic rings. The van der Waals surface area contributed by atoms with Crippen molar-refractivity contribution in [2.45, 2.75) is 6.92 Å². The fourth-order valence-corrected chi connectivity index (χ4v) is 2.75. The number of aryl methyl sites for hydroxylation is 1. The summed E-state index contributed by atoms with van der Waals surface area (Å²) in [7, 11) is 3.10.